The first-order valence-electron chi connectivity index (χ1n) is 7.12. The number of esters is 1. The van der Waals surface area contributed by atoms with Crippen molar-refractivity contribution in [2.75, 3.05) is 6.61 Å². The van der Waals surface area contributed by atoms with E-state index in [1.54, 1.807) is 0 Å². The topological polar surface area (TPSA) is 44.8 Å². The zero-order valence-corrected chi connectivity index (χ0v) is 13.3. The van der Waals surface area contributed by atoms with Crippen molar-refractivity contribution in [3.8, 4) is 0 Å². The van der Waals surface area contributed by atoms with Crippen LogP contribution in [0, 0.1) is 5.92 Å². The molecular formula is C14H27BO4. The van der Waals surface area contributed by atoms with E-state index in [1.165, 1.54) is 0 Å². The Balaban J connectivity index is 2.77. The predicted octanol–water partition coefficient (Wildman–Crippen LogP) is 3.06. The third kappa shape index (κ3) is 3.73. The highest BCUT2D eigenvalue weighted by molar-refractivity contribution is 6.48. The molecule has 0 aliphatic carbocycles. The Hall–Kier alpha value is -0.545. The molecule has 0 radical (unpaired) electrons. The fourth-order valence-electron chi connectivity index (χ4n) is 2.12. The minimum atomic E-state index is -0.362. The van der Waals surface area contributed by atoms with Gasteiger partial charge in [-0.25, -0.2) is 0 Å². The summed E-state index contributed by atoms with van der Waals surface area (Å²) >= 11 is 0. The van der Waals surface area contributed by atoms with Gasteiger partial charge in [-0.2, -0.15) is 0 Å². The van der Waals surface area contributed by atoms with E-state index >= 15 is 0 Å². The summed E-state index contributed by atoms with van der Waals surface area (Å²) in [6, 6.07) is 0. The summed E-state index contributed by atoms with van der Waals surface area (Å²) in [5.41, 5.74) is -0.723. The monoisotopic (exact) mass is 270 g/mol. The van der Waals surface area contributed by atoms with Crippen LogP contribution in [0.25, 0.3) is 0 Å². The van der Waals surface area contributed by atoms with Crippen LogP contribution in [0.4, 0.5) is 0 Å². The molecule has 1 aliphatic rings. The van der Waals surface area contributed by atoms with Crippen molar-refractivity contribution in [3.05, 3.63) is 0 Å². The van der Waals surface area contributed by atoms with E-state index in [4.69, 9.17) is 14.0 Å². The van der Waals surface area contributed by atoms with E-state index in [0.29, 0.717) is 18.9 Å². The van der Waals surface area contributed by atoms with E-state index in [-0.39, 0.29) is 30.1 Å². The molecule has 5 heteroatoms. The first kappa shape index (κ1) is 16.5. The van der Waals surface area contributed by atoms with Gasteiger partial charge in [0.15, 0.2) is 0 Å². The number of hydrogen-bond acceptors (Lipinski definition) is 4. The maximum Gasteiger partial charge on any atom is 0.462 e. The summed E-state index contributed by atoms with van der Waals surface area (Å²) in [5, 5.41) is 0. The van der Waals surface area contributed by atoms with Crippen molar-refractivity contribution in [3.63, 3.8) is 0 Å². The molecule has 4 nitrogen and oxygen atoms in total. The quantitative estimate of drug-likeness (QED) is 0.569. The van der Waals surface area contributed by atoms with Crippen molar-refractivity contribution < 1.29 is 18.8 Å². The first-order valence-corrected chi connectivity index (χ1v) is 7.12. The summed E-state index contributed by atoms with van der Waals surface area (Å²) < 4.78 is 17.1. The number of carbonyl (C=O) groups is 1. The van der Waals surface area contributed by atoms with Crippen LogP contribution < -0.4 is 0 Å². The molecule has 19 heavy (non-hydrogen) atoms. The number of carbonyl (C=O) groups excluding carboxylic acids is 1. The fourth-order valence-corrected chi connectivity index (χ4v) is 2.12. The average molecular weight is 270 g/mol. The van der Waals surface area contributed by atoms with Gasteiger partial charge in [-0.1, -0.05) is 13.8 Å². The molecule has 0 aromatic heterocycles. The highest BCUT2D eigenvalue weighted by Gasteiger charge is 2.54. The molecular weight excluding hydrogens is 243 g/mol. The van der Waals surface area contributed by atoms with Crippen molar-refractivity contribution >= 4 is 13.1 Å². The van der Waals surface area contributed by atoms with Gasteiger partial charge in [0.1, 0.15) is 0 Å². The average Bonchev–Trinajstić information content (AvgIpc) is 2.44. The summed E-state index contributed by atoms with van der Waals surface area (Å²) in [7, 11) is -0.352. The van der Waals surface area contributed by atoms with Crippen LogP contribution in [-0.2, 0) is 18.8 Å². The molecule has 0 bridgehead atoms. The third-order valence-corrected chi connectivity index (χ3v) is 4.19. The van der Waals surface area contributed by atoms with Gasteiger partial charge in [0.2, 0.25) is 0 Å². The molecule has 0 saturated carbocycles. The molecule has 1 unspecified atom stereocenters. The maximum absolute atomic E-state index is 11.7. The summed E-state index contributed by atoms with van der Waals surface area (Å²) in [5.74, 6) is 0.120. The lowest BCUT2D eigenvalue weighted by Crippen LogP contribution is -2.41. The van der Waals surface area contributed by atoms with Crippen LogP contribution in [0.1, 0.15) is 54.9 Å². The van der Waals surface area contributed by atoms with Crippen LogP contribution in [0.2, 0.25) is 5.82 Å². The molecule has 1 atom stereocenters. The number of rotatable bonds is 5. The molecule has 0 N–H and O–H groups in total. The predicted molar refractivity (Wildman–Crippen MR) is 75.9 cm³/mol. The van der Waals surface area contributed by atoms with E-state index in [9.17, 15) is 4.79 Å². The minimum Gasteiger partial charge on any atom is -0.466 e. The summed E-state index contributed by atoms with van der Waals surface area (Å²) in [6.45, 7) is 14.5. The summed E-state index contributed by atoms with van der Waals surface area (Å²) in [4.78, 5) is 11.7. The molecule has 1 saturated heterocycles. The molecule has 0 spiro atoms. The Kier molecular flexibility index (Phi) is 5.07. The van der Waals surface area contributed by atoms with Crippen molar-refractivity contribution in [1.82, 2.24) is 0 Å². The van der Waals surface area contributed by atoms with Crippen LogP contribution in [0.5, 0.6) is 0 Å². The van der Waals surface area contributed by atoms with E-state index in [0.717, 1.165) is 0 Å². The molecule has 1 aliphatic heterocycles. The smallest absolute Gasteiger partial charge is 0.462 e. The Morgan fingerprint density at radius 2 is 1.63 bits per heavy atom. The lowest BCUT2D eigenvalue weighted by Gasteiger charge is -2.32. The van der Waals surface area contributed by atoms with Gasteiger partial charge in [0, 0.05) is 12.2 Å². The molecule has 1 heterocycles. The summed E-state index contributed by atoms with van der Waals surface area (Å²) in [6.07, 6.45) is 0.336. The Morgan fingerprint density at radius 3 is 2.00 bits per heavy atom. The highest BCUT2D eigenvalue weighted by atomic mass is 16.7. The normalized spacial score (nSPS) is 22.6. The fraction of sp³-hybridized carbons (Fsp3) is 0.929. The van der Waals surface area contributed by atoms with Gasteiger partial charge in [-0.3, -0.25) is 4.79 Å². The van der Waals surface area contributed by atoms with Crippen molar-refractivity contribution in [2.45, 2.75) is 71.9 Å². The SMILES string of the molecule is CCOC(=O)CC(B1OC(C)(C)C(C)(C)O1)C(C)C. The molecule has 110 valence electrons. The number of ether oxygens (including phenoxy) is 1. The molecule has 0 aromatic rings. The Bertz CT molecular complexity index is 309. The largest absolute Gasteiger partial charge is 0.466 e. The van der Waals surface area contributed by atoms with Crippen molar-refractivity contribution in [1.29, 1.82) is 0 Å². The molecule has 1 fully saturated rings. The Morgan fingerprint density at radius 1 is 1.16 bits per heavy atom. The molecule has 0 amide bonds. The zero-order chi connectivity index (χ0) is 14.8. The van der Waals surface area contributed by atoms with Crippen LogP contribution in [0.15, 0.2) is 0 Å². The van der Waals surface area contributed by atoms with Crippen molar-refractivity contribution in [2.24, 2.45) is 5.92 Å². The minimum absolute atomic E-state index is 0.0140. The second-order valence-electron chi connectivity index (χ2n) is 6.54. The van der Waals surface area contributed by atoms with Gasteiger partial charge in [-0.15, -0.1) is 0 Å². The Labute approximate surface area is 117 Å². The number of hydrogen-bond donors (Lipinski definition) is 0. The molecule has 1 rings (SSSR count). The van der Waals surface area contributed by atoms with E-state index < -0.39 is 0 Å². The lowest BCUT2D eigenvalue weighted by atomic mass is 9.64. The first-order chi connectivity index (χ1) is 8.60. The van der Waals surface area contributed by atoms with Crippen LogP contribution in [0.3, 0.4) is 0 Å². The maximum atomic E-state index is 11.7. The van der Waals surface area contributed by atoms with E-state index in [1.807, 2.05) is 34.6 Å². The molecule has 0 aromatic carbocycles. The van der Waals surface area contributed by atoms with Crippen LogP contribution in [-0.4, -0.2) is 30.9 Å². The van der Waals surface area contributed by atoms with Gasteiger partial charge in [-0.05, 0) is 40.5 Å². The zero-order valence-electron chi connectivity index (χ0n) is 13.3. The van der Waals surface area contributed by atoms with Gasteiger partial charge >= 0.3 is 13.1 Å². The highest BCUT2D eigenvalue weighted by Crippen LogP contribution is 2.42. The van der Waals surface area contributed by atoms with Crippen LogP contribution >= 0.6 is 0 Å². The second-order valence-corrected chi connectivity index (χ2v) is 6.54. The third-order valence-electron chi connectivity index (χ3n) is 4.19. The van der Waals surface area contributed by atoms with Gasteiger partial charge < -0.3 is 14.0 Å². The standard InChI is InChI=1S/C14H27BO4/c1-8-17-12(16)9-11(10(2)3)15-18-13(4,5)14(6,7)19-15/h10-11H,8-9H2,1-7H3. The lowest BCUT2D eigenvalue weighted by molar-refractivity contribution is -0.143. The van der Waals surface area contributed by atoms with Gasteiger partial charge in [0.05, 0.1) is 17.8 Å². The second kappa shape index (κ2) is 5.84. The van der Waals surface area contributed by atoms with Gasteiger partial charge in [0.25, 0.3) is 0 Å². The van der Waals surface area contributed by atoms with E-state index in [2.05, 4.69) is 13.8 Å².